The Labute approximate surface area is 50.5 Å². The van der Waals surface area contributed by atoms with Crippen LogP contribution in [0.2, 0.25) is 0 Å². The highest BCUT2D eigenvalue weighted by Gasteiger charge is 1.86. The van der Waals surface area contributed by atoms with E-state index in [0.29, 0.717) is 6.04 Å². The van der Waals surface area contributed by atoms with Gasteiger partial charge in [0.25, 0.3) is 0 Å². The molecule has 2 heteroatoms. The van der Waals surface area contributed by atoms with Crippen molar-refractivity contribution in [3.05, 3.63) is 17.9 Å². The van der Waals surface area contributed by atoms with Crippen LogP contribution in [0, 0.1) is 6.92 Å². The lowest BCUT2D eigenvalue weighted by atomic mass is 10.5. The van der Waals surface area contributed by atoms with Gasteiger partial charge in [0.1, 0.15) is 0 Å². The third kappa shape index (κ3) is 0.886. The van der Waals surface area contributed by atoms with Gasteiger partial charge < -0.3 is 0 Å². The summed E-state index contributed by atoms with van der Waals surface area (Å²) < 4.78 is 9.02. The predicted molar refractivity (Wildman–Crippen MR) is 32.6 cm³/mol. The van der Waals surface area contributed by atoms with Crippen molar-refractivity contribution in [2.24, 2.45) is 0 Å². The van der Waals surface area contributed by atoms with Gasteiger partial charge in [0.05, 0.1) is 7.06 Å². The minimum atomic E-state index is 0.525. The molecule has 1 heterocycles. The Hall–Kier alpha value is -0.790. The smallest absolute Gasteiger partial charge is 0.0659 e. The van der Waals surface area contributed by atoms with Crippen LogP contribution in [0.3, 0.4) is 0 Å². The Kier molecular flexibility index (Phi) is 1.02. The molecule has 44 valence electrons. The van der Waals surface area contributed by atoms with Gasteiger partial charge in [-0.15, -0.1) is 0 Å². The molecule has 0 spiro atoms. The Balaban J connectivity index is 2.98. The third-order valence-corrected chi connectivity index (χ3v) is 1.02. The molecule has 0 fully saturated rings. The normalized spacial score (nSPS) is 11.5. The van der Waals surface area contributed by atoms with Gasteiger partial charge in [-0.3, -0.25) is 4.68 Å². The molecular weight excluding hydrogens is 100 g/mol. The SMILES string of the molecule is [2H]c1cn(CC)nc1C. The van der Waals surface area contributed by atoms with E-state index >= 15 is 0 Å². The summed E-state index contributed by atoms with van der Waals surface area (Å²) in [7, 11) is 0. The Bertz CT molecular complexity index is 185. The molecule has 2 nitrogen and oxygen atoms in total. The summed E-state index contributed by atoms with van der Waals surface area (Å²) in [6.45, 7) is 4.69. The highest BCUT2D eigenvalue weighted by Crippen LogP contribution is 1.90. The Morgan fingerprint density at radius 1 is 2.00 bits per heavy atom. The Morgan fingerprint density at radius 3 is 3.00 bits per heavy atom. The molecule has 1 aromatic heterocycles. The largest absolute Gasteiger partial charge is 0.273 e. The highest BCUT2D eigenvalue weighted by atomic mass is 15.3. The molecule has 0 N–H and O–H groups in total. The van der Waals surface area contributed by atoms with E-state index in [1.807, 2.05) is 13.8 Å². The summed E-state index contributed by atoms with van der Waals surface area (Å²) in [6, 6.07) is 0.525. The molecule has 0 aromatic carbocycles. The lowest BCUT2D eigenvalue weighted by Gasteiger charge is -1.89. The van der Waals surface area contributed by atoms with E-state index in [2.05, 4.69) is 5.10 Å². The van der Waals surface area contributed by atoms with Crippen molar-refractivity contribution >= 4 is 0 Å². The molecule has 1 aromatic rings. The molecular formula is C6H10N2. The van der Waals surface area contributed by atoms with E-state index < -0.39 is 0 Å². The highest BCUT2D eigenvalue weighted by molar-refractivity contribution is 4.94. The molecule has 0 amide bonds. The van der Waals surface area contributed by atoms with Crippen LogP contribution in [0.25, 0.3) is 0 Å². The van der Waals surface area contributed by atoms with E-state index in [-0.39, 0.29) is 0 Å². The maximum Gasteiger partial charge on any atom is 0.0659 e. The molecule has 0 aliphatic rings. The first-order valence-corrected chi connectivity index (χ1v) is 2.74. The van der Waals surface area contributed by atoms with Gasteiger partial charge in [-0.25, -0.2) is 0 Å². The maximum absolute atomic E-state index is 7.26. The first-order valence-electron chi connectivity index (χ1n) is 3.24. The summed E-state index contributed by atoms with van der Waals surface area (Å²) >= 11 is 0. The molecule has 0 radical (unpaired) electrons. The predicted octanol–water partition coefficient (Wildman–Crippen LogP) is 1.21. The second-order valence-corrected chi connectivity index (χ2v) is 1.71. The number of aryl methyl sites for hydroxylation is 2. The molecule has 8 heavy (non-hydrogen) atoms. The van der Waals surface area contributed by atoms with Gasteiger partial charge in [0.2, 0.25) is 0 Å². The lowest BCUT2D eigenvalue weighted by molar-refractivity contribution is 0.653. The molecule has 0 unspecified atom stereocenters. The number of hydrogen-bond donors (Lipinski definition) is 0. The van der Waals surface area contributed by atoms with Crippen LogP contribution < -0.4 is 0 Å². The van der Waals surface area contributed by atoms with E-state index in [4.69, 9.17) is 1.37 Å². The zero-order valence-electron chi connectivity index (χ0n) is 6.18. The van der Waals surface area contributed by atoms with Crippen molar-refractivity contribution in [1.82, 2.24) is 9.78 Å². The summed E-state index contributed by atoms with van der Waals surface area (Å²) in [5, 5.41) is 4.06. The second-order valence-electron chi connectivity index (χ2n) is 1.71. The van der Waals surface area contributed by atoms with Crippen LogP contribution in [-0.2, 0) is 6.54 Å². The van der Waals surface area contributed by atoms with Crippen LogP contribution in [0.1, 0.15) is 14.0 Å². The quantitative estimate of drug-likeness (QED) is 0.532. The molecule has 0 saturated heterocycles. The van der Waals surface area contributed by atoms with Gasteiger partial charge in [0, 0.05) is 12.7 Å². The third-order valence-electron chi connectivity index (χ3n) is 1.02. The van der Waals surface area contributed by atoms with Crippen molar-refractivity contribution in [2.45, 2.75) is 20.4 Å². The van der Waals surface area contributed by atoms with Gasteiger partial charge in [-0.1, -0.05) is 0 Å². The van der Waals surface area contributed by atoms with Crippen LogP contribution in [-0.4, -0.2) is 9.78 Å². The van der Waals surface area contributed by atoms with Gasteiger partial charge in [0.15, 0.2) is 0 Å². The van der Waals surface area contributed by atoms with Crippen LogP contribution in [0.4, 0.5) is 0 Å². The zero-order chi connectivity index (χ0) is 6.85. The molecule has 0 saturated carbocycles. The van der Waals surface area contributed by atoms with Gasteiger partial charge >= 0.3 is 0 Å². The first kappa shape index (κ1) is 4.13. The average molecular weight is 111 g/mol. The summed E-state index contributed by atoms with van der Waals surface area (Å²) in [6.07, 6.45) is 1.73. The zero-order valence-corrected chi connectivity index (χ0v) is 5.18. The minimum Gasteiger partial charge on any atom is -0.273 e. The fourth-order valence-corrected chi connectivity index (χ4v) is 0.580. The van der Waals surface area contributed by atoms with Crippen molar-refractivity contribution in [3.63, 3.8) is 0 Å². The standard InChI is InChI=1S/C6H10N2/c1-3-8-5-4-6(2)7-8/h4-5H,3H2,1-2H3/i4D. The minimum absolute atomic E-state index is 0.525. The van der Waals surface area contributed by atoms with Crippen LogP contribution >= 0.6 is 0 Å². The molecule has 0 bridgehead atoms. The Morgan fingerprint density at radius 2 is 2.75 bits per heavy atom. The number of rotatable bonds is 1. The number of nitrogens with zero attached hydrogens (tertiary/aromatic N) is 2. The van der Waals surface area contributed by atoms with Crippen molar-refractivity contribution in [1.29, 1.82) is 0 Å². The monoisotopic (exact) mass is 111 g/mol. The topological polar surface area (TPSA) is 17.8 Å². The fourth-order valence-electron chi connectivity index (χ4n) is 0.580. The van der Waals surface area contributed by atoms with Crippen LogP contribution in [0.5, 0.6) is 0 Å². The van der Waals surface area contributed by atoms with Crippen molar-refractivity contribution < 1.29 is 1.37 Å². The fraction of sp³-hybridized carbons (Fsp3) is 0.500. The first-order chi connectivity index (χ1) is 4.24. The number of hydrogen-bond acceptors (Lipinski definition) is 1. The second kappa shape index (κ2) is 1.99. The average Bonchev–Trinajstić information content (AvgIpc) is 2.13. The summed E-state index contributed by atoms with van der Waals surface area (Å²) in [4.78, 5) is 0. The van der Waals surface area contributed by atoms with Crippen molar-refractivity contribution in [2.75, 3.05) is 0 Å². The van der Waals surface area contributed by atoms with Gasteiger partial charge in [-0.05, 0) is 19.9 Å². The summed E-state index contributed by atoms with van der Waals surface area (Å²) in [5.41, 5.74) is 0.803. The van der Waals surface area contributed by atoms with E-state index in [1.54, 1.807) is 10.9 Å². The van der Waals surface area contributed by atoms with E-state index in [9.17, 15) is 0 Å². The van der Waals surface area contributed by atoms with E-state index in [1.165, 1.54) is 0 Å². The molecule has 0 aliphatic carbocycles. The van der Waals surface area contributed by atoms with Crippen molar-refractivity contribution in [3.8, 4) is 0 Å². The van der Waals surface area contributed by atoms with Gasteiger partial charge in [-0.2, -0.15) is 5.10 Å². The maximum atomic E-state index is 7.26. The van der Waals surface area contributed by atoms with Crippen LogP contribution in [0.15, 0.2) is 12.2 Å². The molecule has 0 aliphatic heterocycles. The molecule has 0 atom stereocenters. The van der Waals surface area contributed by atoms with E-state index in [0.717, 1.165) is 12.2 Å². The number of aromatic nitrogens is 2. The lowest BCUT2D eigenvalue weighted by Crippen LogP contribution is -1.93. The summed E-state index contributed by atoms with van der Waals surface area (Å²) in [5.74, 6) is 0. The molecule has 1 rings (SSSR count).